The molecule has 0 radical (unpaired) electrons. The molecule has 2 rings (SSSR count). The van der Waals surface area contributed by atoms with Gasteiger partial charge < -0.3 is 9.64 Å². The van der Waals surface area contributed by atoms with Gasteiger partial charge in [0.2, 0.25) is 10.9 Å². The quantitative estimate of drug-likeness (QED) is 0.626. The zero-order valence-electron chi connectivity index (χ0n) is 14.3. The molecule has 0 spiro atoms. The number of amides is 1. The number of allylic oxidation sites excluding steroid dienone is 1. The average molecular weight is 336 g/mol. The summed E-state index contributed by atoms with van der Waals surface area (Å²) in [5, 5.41) is 0.360. The summed E-state index contributed by atoms with van der Waals surface area (Å²) in [6.45, 7) is 7.77. The lowest BCUT2D eigenvalue weighted by molar-refractivity contribution is -0.131. The summed E-state index contributed by atoms with van der Waals surface area (Å²) in [5.41, 5.74) is 3.68. The first-order valence-electron chi connectivity index (χ1n) is 7.90. The number of methoxy groups -OCH3 is 1. The van der Waals surface area contributed by atoms with Gasteiger partial charge in [-0.1, -0.05) is 11.1 Å². The molecular formula is C17H24N2O3S. The van der Waals surface area contributed by atoms with E-state index in [9.17, 15) is 9.59 Å². The molecule has 0 aromatic carbocycles. The second-order valence-corrected chi connectivity index (χ2v) is 7.09. The van der Waals surface area contributed by atoms with Crippen LogP contribution in [-0.4, -0.2) is 42.0 Å². The molecule has 0 saturated carbocycles. The van der Waals surface area contributed by atoms with Crippen molar-refractivity contribution in [3.63, 3.8) is 0 Å². The molecule has 126 valence electrons. The fourth-order valence-corrected chi connectivity index (χ4v) is 3.72. The van der Waals surface area contributed by atoms with Crippen LogP contribution in [0.3, 0.4) is 0 Å². The van der Waals surface area contributed by atoms with E-state index in [-0.39, 0.29) is 5.91 Å². The summed E-state index contributed by atoms with van der Waals surface area (Å²) in [5.74, 6) is -0.230. The van der Waals surface area contributed by atoms with Crippen molar-refractivity contribution in [3.8, 4) is 0 Å². The number of esters is 1. The molecule has 0 atom stereocenters. The van der Waals surface area contributed by atoms with Crippen LogP contribution < -0.4 is 0 Å². The number of aromatic nitrogens is 1. The van der Waals surface area contributed by atoms with E-state index in [0.717, 1.165) is 36.5 Å². The number of rotatable bonds is 4. The molecule has 1 aromatic rings. The van der Waals surface area contributed by atoms with Crippen LogP contribution in [-0.2, 0) is 16.0 Å². The number of piperidine rings is 1. The van der Waals surface area contributed by atoms with Crippen molar-refractivity contribution in [2.24, 2.45) is 0 Å². The molecule has 1 aromatic heterocycles. The van der Waals surface area contributed by atoms with Crippen LogP contribution in [0.4, 0.5) is 0 Å². The molecule has 1 saturated heterocycles. The van der Waals surface area contributed by atoms with Gasteiger partial charge in [-0.25, -0.2) is 9.78 Å². The predicted molar refractivity (Wildman–Crippen MR) is 90.7 cm³/mol. The molecule has 1 aliphatic rings. The van der Waals surface area contributed by atoms with Gasteiger partial charge in [-0.3, -0.25) is 4.79 Å². The van der Waals surface area contributed by atoms with Crippen molar-refractivity contribution in [1.82, 2.24) is 9.88 Å². The molecular weight excluding hydrogens is 312 g/mol. The first-order chi connectivity index (χ1) is 10.9. The minimum atomic E-state index is -0.416. The molecule has 0 bridgehead atoms. The normalized spacial score (nSPS) is 14.8. The molecule has 6 heteroatoms. The van der Waals surface area contributed by atoms with Crippen molar-refractivity contribution in [1.29, 1.82) is 0 Å². The maximum atomic E-state index is 12.4. The van der Waals surface area contributed by atoms with Crippen molar-refractivity contribution in [2.75, 3.05) is 20.2 Å². The van der Waals surface area contributed by atoms with Crippen LogP contribution in [0.2, 0.25) is 0 Å². The second-order valence-electron chi connectivity index (χ2n) is 6.00. The smallest absolute Gasteiger partial charge is 0.367 e. The minimum Gasteiger partial charge on any atom is -0.464 e. The molecule has 0 aliphatic carbocycles. The van der Waals surface area contributed by atoms with E-state index in [1.807, 2.05) is 11.8 Å². The van der Waals surface area contributed by atoms with E-state index >= 15 is 0 Å². The number of ether oxygens (including phenoxy) is 1. The standard InChI is InChI=1S/C17H24N2O3S/c1-11(2)13-7-9-19(10-8-13)15(20)6-5-14-12(3)18-16(23-14)17(21)22-4/h5-10H2,1-4H3. The average Bonchev–Trinajstić information content (AvgIpc) is 2.93. The van der Waals surface area contributed by atoms with E-state index in [0.29, 0.717) is 17.8 Å². The van der Waals surface area contributed by atoms with Gasteiger partial charge in [0.1, 0.15) is 0 Å². The predicted octanol–water partition coefficient (Wildman–Crippen LogP) is 3.13. The lowest BCUT2D eigenvalue weighted by Crippen LogP contribution is -2.36. The highest BCUT2D eigenvalue weighted by Gasteiger charge is 2.21. The Balaban J connectivity index is 1.89. The van der Waals surface area contributed by atoms with Crippen LogP contribution in [0.1, 0.15) is 53.5 Å². The number of aryl methyl sites for hydroxylation is 2. The minimum absolute atomic E-state index is 0.185. The zero-order valence-corrected chi connectivity index (χ0v) is 15.1. The van der Waals surface area contributed by atoms with Gasteiger partial charge >= 0.3 is 5.97 Å². The van der Waals surface area contributed by atoms with Gasteiger partial charge in [0.05, 0.1) is 12.8 Å². The van der Waals surface area contributed by atoms with Gasteiger partial charge in [0, 0.05) is 24.4 Å². The van der Waals surface area contributed by atoms with E-state index in [4.69, 9.17) is 0 Å². The van der Waals surface area contributed by atoms with Crippen LogP contribution >= 0.6 is 11.3 Å². The topological polar surface area (TPSA) is 59.5 Å². The number of hydrogen-bond acceptors (Lipinski definition) is 5. The van der Waals surface area contributed by atoms with Crippen molar-refractivity contribution in [2.45, 2.75) is 46.5 Å². The molecule has 0 N–H and O–H groups in total. The van der Waals surface area contributed by atoms with E-state index in [1.165, 1.54) is 29.6 Å². The van der Waals surface area contributed by atoms with Crippen molar-refractivity contribution < 1.29 is 14.3 Å². The molecule has 2 heterocycles. The summed E-state index contributed by atoms with van der Waals surface area (Å²) in [7, 11) is 1.35. The lowest BCUT2D eigenvalue weighted by atomic mass is 9.99. The SMILES string of the molecule is COC(=O)c1nc(C)c(CCC(=O)N2CCC(=C(C)C)CC2)s1. The summed E-state index contributed by atoms with van der Waals surface area (Å²) < 4.78 is 4.68. The van der Waals surface area contributed by atoms with Crippen LogP contribution in [0.25, 0.3) is 0 Å². The second kappa shape index (κ2) is 7.73. The Morgan fingerprint density at radius 2 is 1.91 bits per heavy atom. The number of carbonyl (C=O) groups excluding carboxylic acids is 2. The van der Waals surface area contributed by atoms with Gasteiger partial charge in [0.25, 0.3) is 0 Å². The number of thiazole rings is 1. The monoisotopic (exact) mass is 336 g/mol. The molecule has 0 unspecified atom stereocenters. The Morgan fingerprint density at radius 1 is 1.26 bits per heavy atom. The van der Waals surface area contributed by atoms with Gasteiger partial charge in [-0.2, -0.15) is 0 Å². The highest BCUT2D eigenvalue weighted by molar-refractivity contribution is 7.13. The van der Waals surface area contributed by atoms with Crippen molar-refractivity contribution >= 4 is 23.2 Å². The highest BCUT2D eigenvalue weighted by Crippen LogP contribution is 2.23. The lowest BCUT2D eigenvalue weighted by Gasteiger charge is -2.29. The van der Waals surface area contributed by atoms with Crippen LogP contribution in [0, 0.1) is 6.92 Å². The summed E-state index contributed by atoms with van der Waals surface area (Å²) in [6, 6.07) is 0. The molecule has 1 aliphatic heterocycles. The number of hydrogen-bond donors (Lipinski definition) is 0. The zero-order chi connectivity index (χ0) is 17.0. The summed E-state index contributed by atoms with van der Waals surface area (Å²) >= 11 is 1.32. The van der Waals surface area contributed by atoms with Gasteiger partial charge in [0.15, 0.2) is 0 Å². The largest absolute Gasteiger partial charge is 0.464 e. The third-order valence-electron chi connectivity index (χ3n) is 4.25. The van der Waals surface area contributed by atoms with E-state index in [1.54, 1.807) is 0 Å². The molecule has 5 nitrogen and oxygen atoms in total. The van der Waals surface area contributed by atoms with E-state index < -0.39 is 5.97 Å². The Kier molecular flexibility index (Phi) is 5.93. The maximum absolute atomic E-state index is 12.4. The van der Waals surface area contributed by atoms with Crippen LogP contribution in [0.15, 0.2) is 11.1 Å². The Bertz CT molecular complexity index is 620. The molecule has 1 amide bonds. The third-order valence-corrected chi connectivity index (χ3v) is 5.44. The summed E-state index contributed by atoms with van der Waals surface area (Å²) in [4.78, 5) is 31.0. The Morgan fingerprint density at radius 3 is 2.48 bits per heavy atom. The number of likely N-dealkylation sites (tertiary alicyclic amines) is 1. The van der Waals surface area contributed by atoms with Gasteiger partial charge in [-0.05, 0) is 40.0 Å². The molecule has 1 fully saturated rings. The fraction of sp³-hybridized carbons (Fsp3) is 0.588. The Labute approximate surface area is 141 Å². The highest BCUT2D eigenvalue weighted by atomic mass is 32.1. The first kappa shape index (κ1) is 17.7. The van der Waals surface area contributed by atoms with E-state index in [2.05, 4.69) is 23.6 Å². The first-order valence-corrected chi connectivity index (χ1v) is 8.71. The number of nitrogens with zero attached hydrogens (tertiary/aromatic N) is 2. The van der Waals surface area contributed by atoms with Gasteiger partial charge in [-0.15, -0.1) is 11.3 Å². The summed E-state index contributed by atoms with van der Waals surface area (Å²) in [6.07, 6.45) is 3.07. The van der Waals surface area contributed by atoms with Crippen molar-refractivity contribution in [3.05, 3.63) is 26.7 Å². The Hall–Kier alpha value is -1.69. The number of carbonyl (C=O) groups is 2. The van der Waals surface area contributed by atoms with Crippen LogP contribution in [0.5, 0.6) is 0 Å². The molecule has 23 heavy (non-hydrogen) atoms. The maximum Gasteiger partial charge on any atom is 0.367 e. The fourth-order valence-electron chi connectivity index (χ4n) is 2.74. The third kappa shape index (κ3) is 4.41.